The third-order valence-electron chi connectivity index (χ3n) is 6.12. The van der Waals surface area contributed by atoms with Gasteiger partial charge in [0.25, 0.3) is 0 Å². The Kier molecular flexibility index (Phi) is 8.46. The highest BCUT2D eigenvalue weighted by Gasteiger charge is 2.64. The number of carboxylic acids is 1. The first-order chi connectivity index (χ1) is 16.8. The zero-order valence-corrected chi connectivity index (χ0v) is 19.7. The van der Waals surface area contributed by atoms with E-state index in [2.05, 4.69) is 10.1 Å². The largest absolute Gasteiger partial charge is 0.481 e. The minimum absolute atomic E-state index is 0.0480. The van der Waals surface area contributed by atoms with Gasteiger partial charge >= 0.3 is 17.9 Å². The van der Waals surface area contributed by atoms with Gasteiger partial charge in [-0.2, -0.15) is 0 Å². The SMILES string of the molecule is CCCC1(C(=O)NCc2ccc(Oc3ccccc3)cc2)CC(C(=O)OCOC(C)=O)C1C(=O)O. The summed E-state index contributed by atoms with van der Waals surface area (Å²) in [6, 6.07) is 16.5. The van der Waals surface area contributed by atoms with Gasteiger partial charge < -0.3 is 24.6 Å². The van der Waals surface area contributed by atoms with Crippen molar-refractivity contribution < 1.29 is 38.5 Å². The molecule has 1 fully saturated rings. The summed E-state index contributed by atoms with van der Waals surface area (Å²) < 4.78 is 15.2. The van der Waals surface area contributed by atoms with E-state index in [1.54, 1.807) is 12.1 Å². The smallest absolute Gasteiger partial charge is 0.312 e. The van der Waals surface area contributed by atoms with Crippen LogP contribution in [0.25, 0.3) is 0 Å². The van der Waals surface area contributed by atoms with Gasteiger partial charge in [0, 0.05) is 13.5 Å². The van der Waals surface area contributed by atoms with Crippen LogP contribution in [0.3, 0.4) is 0 Å². The number of hydrogen-bond donors (Lipinski definition) is 2. The Balaban J connectivity index is 1.62. The molecule has 3 atom stereocenters. The molecule has 1 aliphatic carbocycles. The van der Waals surface area contributed by atoms with Gasteiger partial charge in [-0.25, -0.2) is 0 Å². The molecule has 2 N–H and O–H groups in total. The molecule has 0 heterocycles. The van der Waals surface area contributed by atoms with Gasteiger partial charge in [-0.15, -0.1) is 0 Å². The van der Waals surface area contributed by atoms with E-state index >= 15 is 0 Å². The molecule has 9 heteroatoms. The molecule has 0 bridgehead atoms. The molecule has 0 aliphatic heterocycles. The molecule has 35 heavy (non-hydrogen) atoms. The van der Waals surface area contributed by atoms with Gasteiger partial charge in [-0.05, 0) is 42.7 Å². The van der Waals surface area contributed by atoms with Crippen LogP contribution >= 0.6 is 0 Å². The highest BCUT2D eigenvalue weighted by molar-refractivity contribution is 5.95. The highest BCUT2D eigenvalue weighted by atomic mass is 16.7. The molecule has 3 rings (SSSR count). The standard InChI is InChI=1S/C26H29NO8/c1-3-13-26(14-21(22(26)23(29)30)24(31)34-16-33-17(2)28)25(32)27-15-18-9-11-20(12-10-18)35-19-7-5-4-6-8-19/h4-12,21-22H,3,13-16H2,1-2H3,(H,27,32)(H,29,30). The first-order valence-corrected chi connectivity index (χ1v) is 11.4. The van der Waals surface area contributed by atoms with Crippen LogP contribution < -0.4 is 10.1 Å². The van der Waals surface area contributed by atoms with Crippen molar-refractivity contribution >= 4 is 23.8 Å². The maximum absolute atomic E-state index is 13.2. The van der Waals surface area contributed by atoms with Crippen molar-refractivity contribution in [2.45, 2.75) is 39.7 Å². The van der Waals surface area contributed by atoms with E-state index in [4.69, 9.17) is 9.47 Å². The Morgan fingerprint density at radius 3 is 2.26 bits per heavy atom. The van der Waals surface area contributed by atoms with Gasteiger partial charge in [0.05, 0.1) is 17.3 Å². The van der Waals surface area contributed by atoms with E-state index in [9.17, 15) is 24.3 Å². The number of carboxylic acid groups (broad SMARTS) is 1. The van der Waals surface area contributed by atoms with Gasteiger partial charge in [0.15, 0.2) is 0 Å². The summed E-state index contributed by atoms with van der Waals surface area (Å²) in [5, 5.41) is 12.7. The third-order valence-corrected chi connectivity index (χ3v) is 6.12. The summed E-state index contributed by atoms with van der Waals surface area (Å²) in [5.41, 5.74) is -0.406. The molecule has 0 radical (unpaired) electrons. The zero-order chi connectivity index (χ0) is 25.4. The number of amides is 1. The minimum Gasteiger partial charge on any atom is -0.481 e. The van der Waals surface area contributed by atoms with Crippen molar-refractivity contribution in [2.75, 3.05) is 6.79 Å². The van der Waals surface area contributed by atoms with E-state index in [0.29, 0.717) is 24.3 Å². The summed E-state index contributed by atoms with van der Waals surface area (Å²) in [6.07, 6.45) is 0.928. The highest BCUT2D eigenvalue weighted by Crippen LogP contribution is 2.55. The van der Waals surface area contributed by atoms with E-state index in [0.717, 1.165) is 12.5 Å². The molecule has 186 valence electrons. The maximum Gasteiger partial charge on any atom is 0.312 e. The van der Waals surface area contributed by atoms with Crippen LogP contribution in [-0.4, -0.2) is 35.7 Å². The fraction of sp³-hybridized carbons (Fsp3) is 0.385. The van der Waals surface area contributed by atoms with Crippen LogP contribution in [0.5, 0.6) is 11.5 Å². The fourth-order valence-electron chi connectivity index (χ4n) is 4.48. The number of rotatable bonds is 11. The zero-order valence-electron chi connectivity index (χ0n) is 19.7. The maximum atomic E-state index is 13.2. The van der Waals surface area contributed by atoms with E-state index in [-0.39, 0.29) is 13.0 Å². The molecule has 1 aliphatic rings. The van der Waals surface area contributed by atoms with Gasteiger partial charge in [-0.1, -0.05) is 43.7 Å². The molecular formula is C26H29NO8. The fourth-order valence-corrected chi connectivity index (χ4v) is 4.48. The lowest BCUT2D eigenvalue weighted by Crippen LogP contribution is -2.61. The van der Waals surface area contributed by atoms with E-state index in [1.165, 1.54) is 0 Å². The molecular weight excluding hydrogens is 454 g/mol. The molecule has 9 nitrogen and oxygen atoms in total. The summed E-state index contributed by atoms with van der Waals surface area (Å²) in [5.74, 6) is -3.94. The topological polar surface area (TPSA) is 128 Å². The van der Waals surface area contributed by atoms with Crippen molar-refractivity contribution in [1.29, 1.82) is 0 Å². The van der Waals surface area contributed by atoms with Gasteiger partial charge in [0.2, 0.25) is 12.7 Å². The second-order valence-electron chi connectivity index (χ2n) is 8.49. The molecule has 0 aromatic heterocycles. The van der Waals surface area contributed by atoms with Crippen LogP contribution in [0.15, 0.2) is 54.6 Å². The molecule has 0 spiro atoms. The first-order valence-electron chi connectivity index (χ1n) is 11.4. The van der Waals surface area contributed by atoms with Crippen LogP contribution in [0.4, 0.5) is 0 Å². The normalized spacial score (nSPS) is 20.7. The number of para-hydroxylation sites is 1. The number of hydrogen-bond acceptors (Lipinski definition) is 7. The molecule has 1 amide bonds. The lowest BCUT2D eigenvalue weighted by Gasteiger charge is -2.50. The minimum atomic E-state index is -1.24. The number of esters is 2. The summed E-state index contributed by atoms with van der Waals surface area (Å²) in [6.45, 7) is 2.63. The predicted molar refractivity (Wildman–Crippen MR) is 124 cm³/mol. The number of ether oxygens (including phenoxy) is 3. The van der Waals surface area contributed by atoms with Crippen molar-refractivity contribution in [2.24, 2.45) is 17.3 Å². The number of benzene rings is 2. The van der Waals surface area contributed by atoms with Crippen LogP contribution in [0.2, 0.25) is 0 Å². The number of nitrogens with one attached hydrogen (secondary N) is 1. The van der Waals surface area contributed by atoms with Crippen molar-refractivity contribution in [3.8, 4) is 11.5 Å². The number of carbonyl (C=O) groups is 4. The summed E-state index contributed by atoms with van der Waals surface area (Å²) >= 11 is 0. The Bertz CT molecular complexity index is 1050. The van der Waals surface area contributed by atoms with Crippen LogP contribution in [0, 0.1) is 17.3 Å². The lowest BCUT2D eigenvalue weighted by atomic mass is 9.51. The molecule has 0 saturated heterocycles. The van der Waals surface area contributed by atoms with Crippen LogP contribution in [-0.2, 0) is 35.2 Å². The van der Waals surface area contributed by atoms with Gasteiger partial charge in [0.1, 0.15) is 11.5 Å². The lowest BCUT2D eigenvalue weighted by molar-refractivity contribution is -0.192. The van der Waals surface area contributed by atoms with Crippen molar-refractivity contribution in [1.82, 2.24) is 5.32 Å². The number of aliphatic carboxylic acids is 1. The van der Waals surface area contributed by atoms with E-state index in [1.807, 2.05) is 49.4 Å². The molecule has 2 aromatic rings. The van der Waals surface area contributed by atoms with E-state index < -0.39 is 47.9 Å². The quantitative estimate of drug-likeness (QED) is 0.366. The third kappa shape index (κ3) is 6.17. The average molecular weight is 484 g/mol. The molecule has 3 unspecified atom stereocenters. The molecule has 1 saturated carbocycles. The number of carbonyl (C=O) groups excluding carboxylic acids is 3. The monoisotopic (exact) mass is 483 g/mol. The summed E-state index contributed by atoms with van der Waals surface area (Å²) in [4.78, 5) is 48.4. The summed E-state index contributed by atoms with van der Waals surface area (Å²) in [7, 11) is 0. The Morgan fingerprint density at radius 1 is 1.00 bits per heavy atom. The Hall–Kier alpha value is -3.88. The Labute approximate surface area is 203 Å². The average Bonchev–Trinajstić information content (AvgIpc) is 2.80. The predicted octanol–water partition coefficient (Wildman–Crippen LogP) is 3.67. The second-order valence-corrected chi connectivity index (χ2v) is 8.49. The van der Waals surface area contributed by atoms with Crippen molar-refractivity contribution in [3.63, 3.8) is 0 Å². The van der Waals surface area contributed by atoms with Gasteiger partial charge in [-0.3, -0.25) is 19.2 Å². The van der Waals surface area contributed by atoms with Crippen molar-refractivity contribution in [3.05, 3.63) is 60.2 Å². The Morgan fingerprint density at radius 2 is 1.66 bits per heavy atom. The van der Waals surface area contributed by atoms with Crippen LogP contribution in [0.1, 0.15) is 38.7 Å². The first kappa shape index (κ1) is 25.7. The second kappa shape index (κ2) is 11.5. The molecule has 2 aromatic carbocycles.